The molecule has 2 unspecified atom stereocenters. The van der Waals surface area contributed by atoms with Gasteiger partial charge in [-0.3, -0.25) is 0 Å². The summed E-state index contributed by atoms with van der Waals surface area (Å²) in [6.07, 6.45) is 0.743. The molecule has 2 nitrogen and oxygen atoms in total. The molecule has 1 aliphatic rings. The van der Waals surface area contributed by atoms with Gasteiger partial charge < -0.3 is 9.84 Å². The van der Waals surface area contributed by atoms with Gasteiger partial charge in [0.15, 0.2) is 5.79 Å². The van der Waals surface area contributed by atoms with Crippen LogP contribution in [0.25, 0.3) is 0 Å². The Hall–Kier alpha value is -0.510. The molecule has 0 radical (unpaired) electrons. The molecule has 1 aromatic carbocycles. The molecule has 0 spiro atoms. The van der Waals surface area contributed by atoms with Crippen LogP contribution in [0.5, 0.6) is 0 Å². The van der Waals surface area contributed by atoms with E-state index in [2.05, 4.69) is 6.92 Å². The lowest BCUT2D eigenvalue weighted by Crippen LogP contribution is -2.30. The summed E-state index contributed by atoms with van der Waals surface area (Å²) in [5, 5.41) is 10.1. The largest absolute Gasteiger partial charge is 0.365 e. The van der Waals surface area contributed by atoms with E-state index < -0.39 is 5.79 Å². The molecule has 1 heterocycles. The minimum atomic E-state index is -0.917. The van der Waals surface area contributed by atoms with E-state index >= 15 is 0 Å². The van der Waals surface area contributed by atoms with Crippen molar-refractivity contribution < 1.29 is 9.84 Å². The molecule has 82 valence electrons. The maximum atomic E-state index is 10.1. The summed E-state index contributed by atoms with van der Waals surface area (Å²) in [5.74, 6) is 0.160. The Labute approximate surface area is 94.6 Å². The molecular formula is C12H16O2S. The van der Waals surface area contributed by atoms with Gasteiger partial charge in [-0.25, -0.2) is 0 Å². The first-order valence-corrected chi connectivity index (χ1v) is 6.21. The third kappa shape index (κ3) is 2.97. The van der Waals surface area contributed by atoms with Gasteiger partial charge in [-0.05, 0) is 18.1 Å². The molecule has 1 aromatic rings. The summed E-state index contributed by atoms with van der Waals surface area (Å²) in [7, 11) is 0. The van der Waals surface area contributed by atoms with Crippen LogP contribution >= 0.6 is 11.8 Å². The second-order valence-electron chi connectivity index (χ2n) is 4.17. The average Bonchev–Trinajstić information content (AvgIpc) is 2.58. The van der Waals surface area contributed by atoms with Crippen molar-refractivity contribution in [1.29, 1.82) is 0 Å². The second-order valence-corrected chi connectivity index (χ2v) is 5.22. The van der Waals surface area contributed by atoms with E-state index in [0.29, 0.717) is 18.3 Å². The van der Waals surface area contributed by atoms with Gasteiger partial charge >= 0.3 is 0 Å². The Morgan fingerprint density at radius 3 is 2.80 bits per heavy atom. The van der Waals surface area contributed by atoms with Crippen molar-refractivity contribution in [2.75, 3.05) is 12.4 Å². The lowest BCUT2D eigenvalue weighted by molar-refractivity contribution is -0.151. The van der Waals surface area contributed by atoms with Gasteiger partial charge in [0.25, 0.3) is 0 Å². The summed E-state index contributed by atoms with van der Waals surface area (Å²) >= 11 is 1.64. The Kier molecular flexibility index (Phi) is 3.34. The van der Waals surface area contributed by atoms with Crippen LogP contribution in [-0.2, 0) is 4.74 Å². The number of rotatable bonds is 3. The van der Waals surface area contributed by atoms with Crippen molar-refractivity contribution in [2.45, 2.75) is 24.0 Å². The smallest absolute Gasteiger partial charge is 0.175 e. The van der Waals surface area contributed by atoms with Gasteiger partial charge in [-0.15, -0.1) is 11.8 Å². The van der Waals surface area contributed by atoms with Crippen LogP contribution in [0, 0.1) is 5.92 Å². The van der Waals surface area contributed by atoms with E-state index in [1.165, 1.54) is 4.90 Å². The quantitative estimate of drug-likeness (QED) is 0.800. The molecule has 0 amide bonds. The normalized spacial score (nSPS) is 30.7. The minimum absolute atomic E-state index is 0.464. The Bertz CT molecular complexity index is 315. The second kappa shape index (κ2) is 4.56. The standard InChI is InChI=1S/C12H16O2S/c1-10-7-12(13,14-8-10)9-15-11-5-3-2-4-6-11/h2-6,10,13H,7-9H2,1H3. The van der Waals surface area contributed by atoms with Crippen LogP contribution < -0.4 is 0 Å². The third-order valence-electron chi connectivity index (χ3n) is 2.51. The summed E-state index contributed by atoms with van der Waals surface area (Å²) < 4.78 is 5.41. The summed E-state index contributed by atoms with van der Waals surface area (Å²) in [6, 6.07) is 10.1. The topological polar surface area (TPSA) is 29.5 Å². The van der Waals surface area contributed by atoms with E-state index in [1.807, 2.05) is 30.3 Å². The Morgan fingerprint density at radius 1 is 1.47 bits per heavy atom. The maximum Gasteiger partial charge on any atom is 0.175 e. The fourth-order valence-corrected chi connectivity index (χ4v) is 2.72. The Morgan fingerprint density at radius 2 is 2.20 bits per heavy atom. The lowest BCUT2D eigenvalue weighted by Gasteiger charge is -2.20. The maximum absolute atomic E-state index is 10.1. The molecule has 1 saturated heterocycles. The zero-order chi connectivity index (χ0) is 10.7. The fourth-order valence-electron chi connectivity index (χ4n) is 1.77. The highest BCUT2D eigenvalue weighted by molar-refractivity contribution is 7.99. The van der Waals surface area contributed by atoms with Gasteiger partial charge in [-0.2, -0.15) is 0 Å². The van der Waals surface area contributed by atoms with Crippen LogP contribution in [0.15, 0.2) is 35.2 Å². The van der Waals surface area contributed by atoms with Crippen molar-refractivity contribution in [3.63, 3.8) is 0 Å². The lowest BCUT2D eigenvalue weighted by atomic mass is 10.1. The van der Waals surface area contributed by atoms with Crippen molar-refractivity contribution in [2.24, 2.45) is 5.92 Å². The molecular weight excluding hydrogens is 208 g/mol. The molecule has 0 bridgehead atoms. The van der Waals surface area contributed by atoms with Crippen LogP contribution in [-0.4, -0.2) is 23.3 Å². The molecule has 1 fully saturated rings. The predicted molar refractivity (Wildman–Crippen MR) is 61.8 cm³/mol. The van der Waals surface area contributed by atoms with E-state index in [1.54, 1.807) is 11.8 Å². The highest BCUT2D eigenvalue weighted by atomic mass is 32.2. The van der Waals surface area contributed by atoms with E-state index in [0.717, 1.165) is 6.42 Å². The highest BCUT2D eigenvalue weighted by Crippen LogP contribution is 2.32. The van der Waals surface area contributed by atoms with Gasteiger partial charge in [0.05, 0.1) is 12.4 Å². The van der Waals surface area contributed by atoms with Crippen molar-refractivity contribution in [3.05, 3.63) is 30.3 Å². The molecule has 2 rings (SSSR count). The van der Waals surface area contributed by atoms with Crippen LogP contribution in [0.2, 0.25) is 0 Å². The van der Waals surface area contributed by atoms with Gasteiger partial charge in [0.1, 0.15) is 0 Å². The average molecular weight is 224 g/mol. The number of thioether (sulfide) groups is 1. The van der Waals surface area contributed by atoms with Gasteiger partial charge in [0.2, 0.25) is 0 Å². The number of hydrogen-bond acceptors (Lipinski definition) is 3. The van der Waals surface area contributed by atoms with Gasteiger partial charge in [0, 0.05) is 11.3 Å². The van der Waals surface area contributed by atoms with Crippen molar-refractivity contribution in [3.8, 4) is 0 Å². The molecule has 1 aliphatic heterocycles. The zero-order valence-corrected chi connectivity index (χ0v) is 9.67. The molecule has 0 aliphatic carbocycles. The van der Waals surface area contributed by atoms with Crippen LogP contribution in [0.4, 0.5) is 0 Å². The highest BCUT2D eigenvalue weighted by Gasteiger charge is 2.36. The molecule has 3 heteroatoms. The third-order valence-corrected chi connectivity index (χ3v) is 3.71. The number of hydrogen-bond donors (Lipinski definition) is 1. The fraction of sp³-hybridized carbons (Fsp3) is 0.500. The molecule has 1 N–H and O–H groups in total. The number of ether oxygens (including phenoxy) is 1. The number of benzene rings is 1. The van der Waals surface area contributed by atoms with E-state index in [9.17, 15) is 5.11 Å². The molecule has 15 heavy (non-hydrogen) atoms. The van der Waals surface area contributed by atoms with Crippen LogP contribution in [0.3, 0.4) is 0 Å². The number of aliphatic hydroxyl groups is 1. The van der Waals surface area contributed by atoms with E-state index in [-0.39, 0.29) is 0 Å². The molecule has 0 aromatic heterocycles. The summed E-state index contributed by atoms with van der Waals surface area (Å²) in [6.45, 7) is 2.77. The minimum Gasteiger partial charge on any atom is -0.365 e. The first-order valence-electron chi connectivity index (χ1n) is 5.22. The predicted octanol–water partition coefficient (Wildman–Crippen LogP) is 2.52. The first-order chi connectivity index (χ1) is 7.18. The van der Waals surface area contributed by atoms with E-state index in [4.69, 9.17) is 4.74 Å². The molecule has 2 atom stereocenters. The van der Waals surface area contributed by atoms with Crippen molar-refractivity contribution in [1.82, 2.24) is 0 Å². The first kappa shape index (κ1) is 11.0. The van der Waals surface area contributed by atoms with Crippen molar-refractivity contribution >= 4 is 11.8 Å². The summed E-state index contributed by atoms with van der Waals surface area (Å²) in [5.41, 5.74) is 0. The van der Waals surface area contributed by atoms with Crippen LogP contribution in [0.1, 0.15) is 13.3 Å². The van der Waals surface area contributed by atoms with Gasteiger partial charge in [-0.1, -0.05) is 25.1 Å². The zero-order valence-electron chi connectivity index (χ0n) is 8.85. The Balaban J connectivity index is 1.88. The SMILES string of the molecule is CC1COC(O)(CSc2ccccc2)C1. The monoisotopic (exact) mass is 224 g/mol. The summed E-state index contributed by atoms with van der Waals surface area (Å²) in [4.78, 5) is 1.18. The molecule has 0 saturated carbocycles.